The Labute approximate surface area is 100 Å². The zero-order chi connectivity index (χ0) is 11.8. The van der Waals surface area contributed by atoms with Crippen molar-refractivity contribution in [2.24, 2.45) is 5.92 Å². The highest BCUT2D eigenvalue weighted by Crippen LogP contribution is 2.08. The largest absolute Gasteiger partial charge is 0.350 e. The van der Waals surface area contributed by atoms with Gasteiger partial charge in [-0.1, -0.05) is 20.8 Å². The molecule has 0 aliphatic carbocycles. The maximum atomic E-state index is 3.46. The van der Waals surface area contributed by atoms with Gasteiger partial charge in [-0.3, -0.25) is 0 Å². The molecule has 0 amide bonds. The molecular weight excluding hydrogens is 196 g/mol. The maximum absolute atomic E-state index is 3.46. The topological polar surface area (TPSA) is 17.0 Å². The van der Waals surface area contributed by atoms with Crippen LogP contribution in [0.2, 0.25) is 0 Å². The Morgan fingerprint density at radius 3 is 2.88 bits per heavy atom. The molecule has 92 valence electrons. The number of aromatic nitrogens is 1. The van der Waals surface area contributed by atoms with Crippen LogP contribution in [0.4, 0.5) is 0 Å². The van der Waals surface area contributed by atoms with Gasteiger partial charge in [0.05, 0.1) is 0 Å². The van der Waals surface area contributed by atoms with E-state index in [9.17, 15) is 0 Å². The molecule has 0 unspecified atom stereocenters. The average Bonchev–Trinajstić information content (AvgIpc) is 2.66. The predicted molar refractivity (Wildman–Crippen MR) is 70.5 cm³/mol. The average molecular weight is 222 g/mol. The number of nitrogens with zero attached hydrogens (tertiary/aromatic N) is 1. The van der Waals surface area contributed by atoms with Crippen molar-refractivity contribution in [2.75, 3.05) is 6.54 Å². The fraction of sp³-hybridized carbons (Fsp3) is 0.714. The van der Waals surface area contributed by atoms with Crippen LogP contribution in [-0.2, 0) is 13.1 Å². The lowest BCUT2D eigenvalue weighted by Crippen LogP contribution is -2.16. The van der Waals surface area contributed by atoms with Crippen molar-refractivity contribution in [1.82, 2.24) is 9.88 Å². The smallest absolute Gasteiger partial charge is 0.0359 e. The molecule has 1 rings (SSSR count). The van der Waals surface area contributed by atoms with E-state index in [0.717, 1.165) is 25.6 Å². The third kappa shape index (κ3) is 4.84. The monoisotopic (exact) mass is 222 g/mol. The van der Waals surface area contributed by atoms with E-state index in [0.29, 0.717) is 0 Å². The van der Waals surface area contributed by atoms with Gasteiger partial charge in [-0.05, 0) is 43.9 Å². The molecule has 0 radical (unpaired) electrons. The van der Waals surface area contributed by atoms with Gasteiger partial charge in [0.1, 0.15) is 0 Å². The van der Waals surface area contributed by atoms with E-state index in [1.807, 2.05) is 0 Å². The Kier molecular flexibility index (Phi) is 6.24. The lowest BCUT2D eigenvalue weighted by molar-refractivity contribution is 0.501. The number of aryl methyl sites for hydroxylation is 1. The molecule has 2 heteroatoms. The minimum absolute atomic E-state index is 0.817. The summed E-state index contributed by atoms with van der Waals surface area (Å²) in [5, 5.41) is 3.46. The molecule has 0 fully saturated rings. The fourth-order valence-electron chi connectivity index (χ4n) is 1.89. The van der Waals surface area contributed by atoms with Gasteiger partial charge in [-0.2, -0.15) is 0 Å². The molecule has 0 aliphatic heterocycles. The van der Waals surface area contributed by atoms with E-state index in [-0.39, 0.29) is 0 Å². The highest BCUT2D eigenvalue weighted by atomic mass is 15.0. The van der Waals surface area contributed by atoms with Crippen LogP contribution in [0.5, 0.6) is 0 Å². The summed E-state index contributed by atoms with van der Waals surface area (Å²) < 4.78 is 2.38. The van der Waals surface area contributed by atoms with Gasteiger partial charge in [-0.15, -0.1) is 0 Å². The molecule has 0 aromatic carbocycles. The number of rotatable bonds is 8. The Morgan fingerprint density at radius 2 is 2.19 bits per heavy atom. The Morgan fingerprint density at radius 1 is 1.38 bits per heavy atom. The zero-order valence-corrected chi connectivity index (χ0v) is 11.0. The van der Waals surface area contributed by atoms with Crippen LogP contribution in [0.25, 0.3) is 0 Å². The highest BCUT2D eigenvalue weighted by Gasteiger charge is 2.00. The second-order valence-corrected chi connectivity index (χ2v) is 4.91. The molecule has 1 heterocycles. The Hall–Kier alpha value is -0.760. The maximum Gasteiger partial charge on any atom is 0.0359 e. The molecule has 1 aromatic rings. The molecule has 1 aromatic heterocycles. The van der Waals surface area contributed by atoms with Crippen molar-refractivity contribution in [2.45, 2.75) is 53.1 Å². The molecule has 1 N–H and O–H groups in total. The van der Waals surface area contributed by atoms with Gasteiger partial charge in [0.15, 0.2) is 0 Å². The van der Waals surface area contributed by atoms with Crippen LogP contribution >= 0.6 is 0 Å². The van der Waals surface area contributed by atoms with Gasteiger partial charge in [0.25, 0.3) is 0 Å². The van der Waals surface area contributed by atoms with Crippen molar-refractivity contribution in [3.8, 4) is 0 Å². The fourth-order valence-corrected chi connectivity index (χ4v) is 1.89. The van der Waals surface area contributed by atoms with Gasteiger partial charge in [0.2, 0.25) is 0 Å². The third-order valence-corrected chi connectivity index (χ3v) is 2.84. The lowest BCUT2D eigenvalue weighted by atomic mass is 10.1. The second-order valence-electron chi connectivity index (χ2n) is 4.91. The normalized spacial score (nSPS) is 11.2. The highest BCUT2D eigenvalue weighted by molar-refractivity contribution is 5.06. The summed E-state index contributed by atoms with van der Waals surface area (Å²) in [6.07, 6.45) is 6.00. The van der Waals surface area contributed by atoms with Crippen LogP contribution in [-0.4, -0.2) is 11.1 Å². The number of nitrogens with one attached hydrogen (secondary N) is 1. The first-order valence-corrected chi connectivity index (χ1v) is 6.58. The van der Waals surface area contributed by atoms with Crippen molar-refractivity contribution in [1.29, 1.82) is 0 Å². The van der Waals surface area contributed by atoms with Crippen LogP contribution in [0.1, 0.15) is 45.7 Å². The van der Waals surface area contributed by atoms with Crippen molar-refractivity contribution < 1.29 is 0 Å². The summed E-state index contributed by atoms with van der Waals surface area (Å²) in [7, 11) is 0. The Bertz CT molecular complexity index is 276. The molecule has 0 bridgehead atoms. The van der Waals surface area contributed by atoms with Gasteiger partial charge in [0, 0.05) is 25.0 Å². The lowest BCUT2D eigenvalue weighted by Gasteiger charge is -2.10. The zero-order valence-electron chi connectivity index (χ0n) is 11.0. The number of hydrogen-bond donors (Lipinski definition) is 1. The van der Waals surface area contributed by atoms with Crippen molar-refractivity contribution in [3.63, 3.8) is 0 Å². The first-order valence-electron chi connectivity index (χ1n) is 6.58. The summed E-state index contributed by atoms with van der Waals surface area (Å²) in [4.78, 5) is 0. The van der Waals surface area contributed by atoms with Crippen LogP contribution < -0.4 is 5.32 Å². The van der Waals surface area contributed by atoms with Crippen LogP contribution in [0.15, 0.2) is 18.3 Å². The SMILES string of the molecule is CCCNCc1cccn1CCCC(C)C. The molecule has 0 aliphatic rings. The molecule has 0 saturated heterocycles. The van der Waals surface area contributed by atoms with Gasteiger partial charge < -0.3 is 9.88 Å². The van der Waals surface area contributed by atoms with E-state index in [2.05, 4.69) is 49.0 Å². The quantitative estimate of drug-likeness (QED) is 0.667. The summed E-state index contributed by atoms with van der Waals surface area (Å²) >= 11 is 0. The third-order valence-electron chi connectivity index (χ3n) is 2.84. The van der Waals surface area contributed by atoms with Crippen molar-refractivity contribution >= 4 is 0 Å². The van der Waals surface area contributed by atoms with E-state index in [1.54, 1.807) is 0 Å². The molecule has 0 saturated carbocycles. The summed E-state index contributed by atoms with van der Waals surface area (Å²) in [6, 6.07) is 4.37. The van der Waals surface area contributed by atoms with E-state index in [1.165, 1.54) is 25.0 Å². The minimum Gasteiger partial charge on any atom is -0.350 e. The first-order chi connectivity index (χ1) is 7.74. The van der Waals surface area contributed by atoms with E-state index < -0.39 is 0 Å². The molecule has 0 atom stereocenters. The first kappa shape index (κ1) is 13.3. The van der Waals surface area contributed by atoms with E-state index in [4.69, 9.17) is 0 Å². The minimum atomic E-state index is 0.817. The Balaban J connectivity index is 2.32. The molecule has 0 spiro atoms. The van der Waals surface area contributed by atoms with Gasteiger partial charge in [-0.25, -0.2) is 0 Å². The molecule has 16 heavy (non-hydrogen) atoms. The summed E-state index contributed by atoms with van der Waals surface area (Å²) in [6.45, 7) is 10.1. The van der Waals surface area contributed by atoms with Gasteiger partial charge >= 0.3 is 0 Å². The second kappa shape index (κ2) is 7.50. The molecular formula is C14H26N2. The number of hydrogen-bond acceptors (Lipinski definition) is 1. The summed E-state index contributed by atoms with van der Waals surface area (Å²) in [5.74, 6) is 0.817. The van der Waals surface area contributed by atoms with Crippen molar-refractivity contribution in [3.05, 3.63) is 24.0 Å². The predicted octanol–water partition coefficient (Wildman–Crippen LogP) is 3.42. The van der Waals surface area contributed by atoms with Crippen LogP contribution in [0, 0.1) is 5.92 Å². The van der Waals surface area contributed by atoms with E-state index >= 15 is 0 Å². The van der Waals surface area contributed by atoms with Crippen LogP contribution in [0.3, 0.4) is 0 Å². The standard InChI is InChI=1S/C14H26N2/c1-4-9-15-12-14-8-6-11-16(14)10-5-7-13(2)3/h6,8,11,13,15H,4-5,7,9-10,12H2,1-3H3. The molecule has 2 nitrogen and oxygen atoms in total. The summed E-state index contributed by atoms with van der Waals surface area (Å²) in [5.41, 5.74) is 1.41.